The molecule has 4 heterocycles. The van der Waals surface area contributed by atoms with E-state index in [1.807, 2.05) is 39.0 Å². The Hall–Kier alpha value is -3.07. The van der Waals surface area contributed by atoms with Crippen LogP contribution in [0.2, 0.25) is 0 Å². The van der Waals surface area contributed by atoms with Crippen LogP contribution >= 0.6 is 11.3 Å². The van der Waals surface area contributed by atoms with Gasteiger partial charge in [-0.15, -0.1) is 11.3 Å². The smallest absolute Gasteiger partial charge is 0.272 e. The second-order valence-corrected chi connectivity index (χ2v) is 8.58. The van der Waals surface area contributed by atoms with Gasteiger partial charge in [0.05, 0.1) is 35.2 Å². The lowest BCUT2D eigenvalue weighted by molar-refractivity contribution is 0.0736. The van der Waals surface area contributed by atoms with E-state index in [-0.39, 0.29) is 23.8 Å². The van der Waals surface area contributed by atoms with Crippen molar-refractivity contribution in [2.24, 2.45) is 5.92 Å². The summed E-state index contributed by atoms with van der Waals surface area (Å²) < 4.78 is 0. The molecule has 0 radical (unpaired) electrons. The van der Waals surface area contributed by atoms with Crippen LogP contribution in [0.1, 0.15) is 62.7 Å². The van der Waals surface area contributed by atoms with Crippen LogP contribution in [0, 0.1) is 12.8 Å². The zero-order valence-electron chi connectivity index (χ0n) is 17.2. The maximum Gasteiger partial charge on any atom is 0.272 e. The molecule has 1 unspecified atom stereocenters. The van der Waals surface area contributed by atoms with Crippen molar-refractivity contribution < 1.29 is 9.59 Å². The van der Waals surface area contributed by atoms with Crippen LogP contribution in [0.3, 0.4) is 0 Å². The Labute approximate surface area is 178 Å². The molecular formula is C21H24N6O2S. The maximum atomic E-state index is 13.0. The lowest BCUT2D eigenvalue weighted by atomic mass is 9.99. The Kier molecular flexibility index (Phi) is 5.63. The highest BCUT2D eigenvalue weighted by atomic mass is 32.1. The Balaban J connectivity index is 1.50. The van der Waals surface area contributed by atoms with Gasteiger partial charge in [0.1, 0.15) is 4.88 Å². The van der Waals surface area contributed by atoms with Crippen molar-refractivity contribution in [2.45, 2.75) is 39.8 Å². The number of fused-ring (bicyclic) bond motifs is 1. The maximum absolute atomic E-state index is 13.0. The highest BCUT2D eigenvalue weighted by Gasteiger charge is 2.30. The lowest BCUT2D eigenvalue weighted by Gasteiger charge is -2.27. The largest absolute Gasteiger partial charge is 0.342 e. The number of carbonyl (C=O) groups excluding carboxylic acids is 2. The van der Waals surface area contributed by atoms with Gasteiger partial charge in [-0.25, -0.2) is 4.98 Å². The van der Waals surface area contributed by atoms with Crippen molar-refractivity contribution in [1.29, 1.82) is 0 Å². The van der Waals surface area contributed by atoms with Gasteiger partial charge in [-0.1, -0.05) is 19.9 Å². The second-order valence-electron chi connectivity index (χ2n) is 7.72. The minimum absolute atomic E-state index is 0.0312. The van der Waals surface area contributed by atoms with Gasteiger partial charge in [0, 0.05) is 18.3 Å². The molecule has 3 aromatic rings. The summed E-state index contributed by atoms with van der Waals surface area (Å²) in [6, 6.07) is 5.47. The van der Waals surface area contributed by atoms with Crippen LogP contribution in [0.25, 0.3) is 0 Å². The average Bonchev–Trinajstić information content (AvgIpc) is 3.37. The molecule has 3 aromatic heterocycles. The SMILES string of the molecule is Cc1ncsc1C(=O)N1CCc2c(C(=O)NC(c3ccccn3)C(C)C)n[nH]c2C1. The number of rotatable bonds is 5. The highest BCUT2D eigenvalue weighted by Crippen LogP contribution is 2.25. The number of pyridine rings is 1. The summed E-state index contributed by atoms with van der Waals surface area (Å²) in [5, 5.41) is 10.3. The second kappa shape index (κ2) is 8.35. The minimum Gasteiger partial charge on any atom is -0.342 e. The predicted octanol–water partition coefficient (Wildman–Crippen LogP) is 2.90. The van der Waals surface area contributed by atoms with Crippen LogP contribution in [0.5, 0.6) is 0 Å². The number of thiazole rings is 1. The molecule has 30 heavy (non-hydrogen) atoms. The zero-order chi connectivity index (χ0) is 21.3. The number of aryl methyl sites for hydroxylation is 1. The van der Waals surface area contributed by atoms with E-state index in [1.54, 1.807) is 16.6 Å². The zero-order valence-corrected chi connectivity index (χ0v) is 18.0. The van der Waals surface area contributed by atoms with Gasteiger partial charge in [0.2, 0.25) is 0 Å². The van der Waals surface area contributed by atoms with Crippen LogP contribution < -0.4 is 5.32 Å². The summed E-state index contributed by atoms with van der Waals surface area (Å²) in [6.07, 6.45) is 2.30. The summed E-state index contributed by atoms with van der Waals surface area (Å²) in [4.78, 5) is 36.8. The molecule has 0 bridgehead atoms. The molecule has 2 amide bonds. The first-order chi connectivity index (χ1) is 14.5. The van der Waals surface area contributed by atoms with Gasteiger partial charge >= 0.3 is 0 Å². The molecule has 0 fully saturated rings. The number of hydrogen-bond donors (Lipinski definition) is 2. The summed E-state index contributed by atoms with van der Waals surface area (Å²) in [6.45, 7) is 6.87. The molecular weight excluding hydrogens is 400 g/mol. The third kappa shape index (κ3) is 3.85. The van der Waals surface area contributed by atoms with E-state index in [2.05, 4.69) is 25.5 Å². The molecule has 0 saturated heterocycles. The van der Waals surface area contributed by atoms with Crippen LogP contribution in [0.4, 0.5) is 0 Å². The molecule has 0 spiro atoms. The Bertz CT molecular complexity index is 1060. The number of amides is 2. The number of aromatic amines is 1. The fraction of sp³-hybridized carbons (Fsp3) is 0.381. The molecule has 156 valence electrons. The summed E-state index contributed by atoms with van der Waals surface area (Å²) in [7, 11) is 0. The molecule has 0 aromatic carbocycles. The molecule has 2 N–H and O–H groups in total. The minimum atomic E-state index is -0.227. The summed E-state index contributed by atoms with van der Waals surface area (Å²) in [5.41, 5.74) is 5.33. The third-order valence-electron chi connectivity index (χ3n) is 5.34. The van der Waals surface area contributed by atoms with Crippen molar-refractivity contribution in [3.05, 3.63) is 63.1 Å². The quantitative estimate of drug-likeness (QED) is 0.655. The standard InChI is InChI=1S/C21H24N6O2S/c1-12(2)17(15-6-4-5-8-22-15)24-20(28)18-14-7-9-27(10-16(14)25-26-18)21(29)19-13(3)23-11-30-19/h4-6,8,11-12,17H,7,9-10H2,1-3H3,(H,24,28)(H,25,26). The first kappa shape index (κ1) is 20.2. The fourth-order valence-electron chi connectivity index (χ4n) is 3.68. The monoisotopic (exact) mass is 424 g/mol. The van der Waals surface area contributed by atoms with Gasteiger partial charge in [-0.3, -0.25) is 19.7 Å². The van der Waals surface area contributed by atoms with E-state index in [4.69, 9.17) is 0 Å². The Morgan fingerprint density at radius 2 is 2.10 bits per heavy atom. The predicted molar refractivity (Wildman–Crippen MR) is 113 cm³/mol. The van der Waals surface area contributed by atoms with Crippen LogP contribution in [0.15, 0.2) is 29.9 Å². The van der Waals surface area contributed by atoms with Gasteiger partial charge in [0.15, 0.2) is 5.69 Å². The Morgan fingerprint density at radius 1 is 1.27 bits per heavy atom. The van der Waals surface area contributed by atoms with Gasteiger partial charge in [0.25, 0.3) is 11.8 Å². The van der Waals surface area contributed by atoms with Crippen LogP contribution in [-0.2, 0) is 13.0 Å². The Morgan fingerprint density at radius 3 is 2.77 bits per heavy atom. The van der Waals surface area contributed by atoms with Crippen molar-refractivity contribution in [3.63, 3.8) is 0 Å². The van der Waals surface area contributed by atoms with Gasteiger partial charge < -0.3 is 10.2 Å². The summed E-state index contributed by atoms with van der Waals surface area (Å²) >= 11 is 1.35. The highest BCUT2D eigenvalue weighted by molar-refractivity contribution is 7.11. The van der Waals surface area contributed by atoms with Crippen molar-refractivity contribution in [2.75, 3.05) is 6.54 Å². The number of carbonyl (C=O) groups is 2. The van der Waals surface area contributed by atoms with E-state index < -0.39 is 0 Å². The first-order valence-corrected chi connectivity index (χ1v) is 10.8. The van der Waals surface area contributed by atoms with Crippen LogP contribution in [-0.4, -0.2) is 43.4 Å². The third-order valence-corrected chi connectivity index (χ3v) is 6.25. The number of nitrogens with one attached hydrogen (secondary N) is 2. The lowest BCUT2D eigenvalue weighted by Crippen LogP contribution is -2.37. The molecule has 1 aliphatic heterocycles. The molecule has 0 aliphatic carbocycles. The normalized spacial score (nSPS) is 14.5. The van der Waals surface area contributed by atoms with E-state index in [9.17, 15) is 9.59 Å². The average molecular weight is 425 g/mol. The van der Waals surface area contributed by atoms with E-state index in [1.165, 1.54) is 11.3 Å². The van der Waals surface area contributed by atoms with E-state index in [0.29, 0.717) is 30.1 Å². The van der Waals surface area contributed by atoms with Gasteiger partial charge in [-0.2, -0.15) is 5.10 Å². The van der Waals surface area contributed by atoms with Crippen molar-refractivity contribution in [1.82, 2.24) is 30.4 Å². The molecule has 8 nitrogen and oxygen atoms in total. The molecule has 4 rings (SSSR count). The topological polar surface area (TPSA) is 104 Å². The molecule has 9 heteroatoms. The first-order valence-electron chi connectivity index (χ1n) is 9.93. The van der Waals surface area contributed by atoms with E-state index >= 15 is 0 Å². The number of nitrogens with zero attached hydrogens (tertiary/aromatic N) is 4. The van der Waals surface area contributed by atoms with E-state index in [0.717, 1.165) is 22.6 Å². The number of hydrogen-bond acceptors (Lipinski definition) is 6. The summed E-state index contributed by atoms with van der Waals surface area (Å²) in [5.74, 6) is -0.0828. The number of H-pyrrole nitrogens is 1. The van der Waals surface area contributed by atoms with Crippen molar-refractivity contribution >= 4 is 23.2 Å². The molecule has 0 saturated carbocycles. The van der Waals surface area contributed by atoms with Crippen molar-refractivity contribution in [3.8, 4) is 0 Å². The molecule has 1 aliphatic rings. The van der Waals surface area contributed by atoms with Gasteiger partial charge in [-0.05, 0) is 31.4 Å². The number of aromatic nitrogens is 4. The molecule has 1 atom stereocenters. The fourth-order valence-corrected chi connectivity index (χ4v) is 4.45.